The molecule has 0 aliphatic carbocycles. The van der Waals surface area contributed by atoms with Crippen LogP contribution in [0, 0.1) is 0 Å². The third-order valence-electron chi connectivity index (χ3n) is 2.51. The molecule has 1 aromatic heterocycles. The van der Waals surface area contributed by atoms with Crippen molar-refractivity contribution in [3.63, 3.8) is 0 Å². The topological polar surface area (TPSA) is 39.9 Å². The summed E-state index contributed by atoms with van der Waals surface area (Å²) < 4.78 is 7.47. The average molecular weight is 266 g/mol. The van der Waals surface area contributed by atoms with Crippen LogP contribution in [-0.2, 0) is 17.2 Å². The number of alkyl halides is 1. The average Bonchev–Trinajstić information content (AvgIpc) is 2.83. The van der Waals surface area contributed by atoms with Crippen molar-refractivity contribution in [2.75, 3.05) is 6.61 Å². The molecule has 0 saturated heterocycles. The number of ether oxygens (including phenoxy) is 1. The van der Waals surface area contributed by atoms with Gasteiger partial charge < -0.3 is 4.74 Å². The van der Waals surface area contributed by atoms with Gasteiger partial charge >= 0.3 is 0 Å². The van der Waals surface area contributed by atoms with Gasteiger partial charge in [0.1, 0.15) is 6.61 Å². The van der Waals surface area contributed by atoms with Gasteiger partial charge in [0.05, 0.1) is 5.88 Å². The largest absolute Gasteiger partial charge is 0.373 e. The second-order valence-corrected chi connectivity index (χ2v) is 4.16. The van der Waals surface area contributed by atoms with Crippen LogP contribution in [0.15, 0.2) is 30.3 Å². The maximum Gasteiger partial charge on any atom is 0.163 e. The molecule has 0 amide bonds. The van der Waals surface area contributed by atoms with Crippen LogP contribution in [0.1, 0.15) is 25.0 Å². The number of halogens is 1. The van der Waals surface area contributed by atoms with Crippen molar-refractivity contribution >= 4 is 11.6 Å². The van der Waals surface area contributed by atoms with Crippen LogP contribution in [0.5, 0.6) is 0 Å². The van der Waals surface area contributed by atoms with E-state index in [2.05, 4.69) is 17.1 Å². The minimum absolute atomic E-state index is 0.329. The number of rotatable bonds is 6. The molecule has 0 N–H and O–H groups in total. The Morgan fingerprint density at radius 1 is 1.17 bits per heavy atom. The van der Waals surface area contributed by atoms with Crippen LogP contribution >= 0.6 is 11.6 Å². The summed E-state index contributed by atoms with van der Waals surface area (Å²) in [6, 6.07) is 9.93. The fourth-order valence-electron chi connectivity index (χ4n) is 1.72. The quantitative estimate of drug-likeness (QED) is 0.596. The summed E-state index contributed by atoms with van der Waals surface area (Å²) in [6.45, 7) is 3.25. The van der Waals surface area contributed by atoms with Gasteiger partial charge in [-0.3, -0.25) is 4.57 Å². The SMILES string of the molecule is CCCOCc1nnc(CCl)n1-c1ccccc1. The van der Waals surface area contributed by atoms with Gasteiger partial charge in [-0.1, -0.05) is 25.1 Å². The Morgan fingerprint density at radius 2 is 1.89 bits per heavy atom. The summed E-state index contributed by atoms with van der Waals surface area (Å²) in [5.74, 6) is 1.85. The van der Waals surface area contributed by atoms with Gasteiger partial charge in [0.2, 0.25) is 0 Å². The molecule has 0 aliphatic heterocycles. The Labute approximate surface area is 112 Å². The molecule has 5 heteroatoms. The summed E-state index contributed by atoms with van der Waals surface area (Å²) in [6.07, 6.45) is 0.988. The van der Waals surface area contributed by atoms with Crippen molar-refractivity contribution < 1.29 is 4.74 Å². The molecule has 0 aliphatic rings. The van der Waals surface area contributed by atoms with E-state index in [4.69, 9.17) is 16.3 Å². The van der Waals surface area contributed by atoms with E-state index >= 15 is 0 Å². The molecule has 2 aromatic rings. The first kappa shape index (κ1) is 13.1. The maximum absolute atomic E-state index is 5.89. The van der Waals surface area contributed by atoms with Crippen molar-refractivity contribution in [1.82, 2.24) is 14.8 Å². The second kappa shape index (κ2) is 6.52. The first-order valence-corrected chi connectivity index (χ1v) is 6.52. The first-order valence-electron chi connectivity index (χ1n) is 5.99. The van der Waals surface area contributed by atoms with Crippen molar-refractivity contribution in [3.05, 3.63) is 42.0 Å². The van der Waals surface area contributed by atoms with Crippen LogP contribution in [0.3, 0.4) is 0 Å². The molecule has 1 aromatic carbocycles. The highest BCUT2D eigenvalue weighted by Gasteiger charge is 2.12. The van der Waals surface area contributed by atoms with E-state index in [1.807, 2.05) is 34.9 Å². The lowest BCUT2D eigenvalue weighted by molar-refractivity contribution is 0.115. The lowest BCUT2D eigenvalue weighted by atomic mass is 10.3. The highest BCUT2D eigenvalue weighted by Crippen LogP contribution is 2.15. The zero-order chi connectivity index (χ0) is 12.8. The Morgan fingerprint density at radius 3 is 2.56 bits per heavy atom. The van der Waals surface area contributed by atoms with Crippen LogP contribution in [0.2, 0.25) is 0 Å². The predicted octanol–water partition coefficient (Wildman–Crippen LogP) is 2.93. The third-order valence-corrected chi connectivity index (χ3v) is 2.75. The van der Waals surface area contributed by atoms with Gasteiger partial charge in [-0.2, -0.15) is 0 Å². The number of aromatic nitrogens is 3. The molecule has 96 valence electrons. The van der Waals surface area contributed by atoms with Crippen LogP contribution in [-0.4, -0.2) is 21.4 Å². The molecule has 0 atom stereocenters. The molecule has 0 saturated carbocycles. The fraction of sp³-hybridized carbons (Fsp3) is 0.385. The van der Waals surface area contributed by atoms with Crippen LogP contribution in [0.4, 0.5) is 0 Å². The van der Waals surface area contributed by atoms with Crippen molar-refractivity contribution in [3.8, 4) is 5.69 Å². The summed E-state index contributed by atoms with van der Waals surface area (Å²) in [5.41, 5.74) is 1.01. The Balaban J connectivity index is 2.28. The minimum Gasteiger partial charge on any atom is -0.373 e. The predicted molar refractivity (Wildman–Crippen MR) is 70.9 cm³/mol. The van der Waals surface area contributed by atoms with Gasteiger partial charge in [-0.05, 0) is 18.6 Å². The van der Waals surface area contributed by atoms with Crippen molar-refractivity contribution in [2.45, 2.75) is 25.8 Å². The molecular weight excluding hydrogens is 250 g/mol. The second-order valence-electron chi connectivity index (χ2n) is 3.89. The lowest BCUT2D eigenvalue weighted by Gasteiger charge is -2.09. The van der Waals surface area contributed by atoms with Gasteiger partial charge in [0.15, 0.2) is 11.6 Å². The van der Waals surface area contributed by atoms with Crippen LogP contribution < -0.4 is 0 Å². The van der Waals surface area contributed by atoms with Crippen molar-refractivity contribution in [1.29, 1.82) is 0 Å². The smallest absolute Gasteiger partial charge is 0.163 e. The molecule has 0 radical (unpaired) electrons. The number of para-hydroxylation sites is 1. The van der Waals surface area contributed by atoms with Gasteiger partial charge in [-0.15, -0.1) is 21.8 Å². The van der Waals surface area contributed by atoms with E-state index in [9.17, 15) is 0 Å². The monoisotopic (exact) mass is 265 g/mol. The molecule has 0 fully saturated rings. The van der Waals surface area contributed by atoms with E-state index in [1.54, 1.807) is 0 Å². The highest BCUT2D eigenvalue weighted by atomic mass is 35.5. The van der Waals surface area contributed by atoms with Crippen LogP contribution in [0.25, 0.3) is 5.69 Å². The normalized spacial score (nSPS) is 10.8. The van der Waals surface area contributed by atoms with E-state index < -0.39 is 0 Å². The zero-order valence-corrected chi connectivity index (χ0v) is 11.1. The number of hydrogen-bond donors (Lipinski definition) is 0. The maximum atomic E-state index is 5.89. The van der Waals surface area contributed by atoms with E-state index in [0.29, 0.717) is 12.5 Å². The van der Waals surface area contributed by atoms with E-state index in [-0.39, 0.29) is 0 Å². The summed E-state index contributed by atoms with van der Waals surface area (Å²) in [4.78, 5) is 0. The lowest BCUT2D eigenvalue weighted by Crippen LogP contribution is -2.06. The molecule has 0 bridgehead atoms. The summed E-state index contributed by atoms with van der Waals surface area (Å²) in [5, 5.41) is 8.23. The van der Waals surface area contributed by atoms with Crippen molar-refractivity contribution in [2.24, 2.45) is 0 Å². The Bertz CT molecular complexity index is 484. The molecule has 0 spiro atoms. The molecule has 1 heterocycles. The minimum atomic E-state index is 0.329. The molecule has 4 nitrogen and oxygen atoms in total. The number of nitrogens with zero attached hydrogens (tertiary/aromatic N) is 3. The first-order chi connectivity index (χ1) is 8.86. The van der Waals surface area contributed by atoms with E-state index in [0.717, 1.165) is 30.4 Å². The zero-order valence-electron chi connectivity index (χ0n) is 10.3. The number of benzene rings is 1. The fourth-order valence-corrected chi connectivity index (χ4v) is 1.89. The van der Waals surface area contributed by atoms with E-state index in [1.165, 1.54) is 0 Å². The molecule has 0 unspecified atom stereocenters. The number of hydrogen-bond acceptors (Lipinski definition) is 3. The third kappa shape index (κ3) is 2.89. The van der Waals surface area contributed by atoms with Gasteiger partial charge in [0.25, 0.3) is 0 Å². The summed E-state index contributed by atoms with van der Waals surface area (Å²) in [7, 11) is 0. The Hall–Kier alpha value is -1.39. The van der Waals surface area contributed by atoms with Gasteiger partial charge in [0, 0.05) is 12.3 Å². The highest BCUT2D eigenvalue weighted by molar-refractivity contribution is 6.16. The standard InChI is InChI=1S/C13H16ClN3O/c1-2-8-18-10-13-16-15-12(9-14)17(13)11-6-4-3-5-7-11/h3-7H,2,8-10H2,1H3. The summed E-state index contributed by atoms with van der Waals surface area (Å²) >= 11 is 5.89. The molecule has 18 heavy (non-hydrogen) atoms. The van der Waals surface area contributed by atoms with Gasteiger partial charge in [-0.25, -0.2) is 0 Å². The molecule has 2 rings (SSSR count). The molecular formula is C13H16ClN3O. The Kier molecular flexibility index (Phi) is 4.73.